The second kappa shape index (κ2) is 7.33. The quantitative estimate of drug-likeness (QED) is 0.755. The number of anilines is 1. The van der Waals surface area contributed by atoms with Crippen LogP contribution in [-0.4, -0.2) is 28.3 Å². The summed E-state index contributed by atoms with van der Waals surface area (Å²) in [7, 11) is 0. The third kappa shape index (κ3) is 5.18. The molecule has 0 radical (unpaired) electrons. The first-order chi connectivity index (χ1) is 10.1. The highest BCUT2D eigenvalue weighted by atomic mass is 16.5. The third-order valence-electron chi connectivity index (χ3n) is 2.88. The minimum Gasteiger partial charge on any atom is -0.493 e. The third-order valence-corrected chi connectivity index (χ3v) is 2.88. The topological polar surface area (TPSA) is 82.2 Å². The molecule has 1 aromatic heterocycles. The first-order valence-corrected chi connectivity index (χ1v) is 6.88. The Hall–Kier alpha value is -2.50. The van der Waals surface area contributed by atoms with Crippen molar-refractivity contribution in [1.82, 2.24) is 15.1 Å². The van der Waals surface area contributed by atoms with E-state index in [1.807, 2.05) is 31.3 Å². The molecule has 0 aliphatic rings. The van der Waals surface area contributed by atoms with E-state index in [4.69, 9.17) is 10.5 Å². The number of nitrogen functional groups attached to an aromatic ring is 1. The van der Waals surface area contributed by atoms with Gasteiger partial charge in [-0.1, -0.05) is 6.07 Å². The lowest BCUT2D eigenvalue weighted by atomic mass is 10.3. The molecule has 6 heteroatoms. The Morgan fingerprint density at radius 2 is 2.33 bits per heavy atom. The van der Waals surface area contributed by atoms with Crippen LogP contribution in [0, 0.1) is 0 Å². The number of ether oxygens (including phenoxy) is 1. The van der Waals surface area contributed by atoms with Crippen molar-refractivity contribution in [3.05, 3.63) is 42.7 Å². The van der Waals surface area contributed by atoms with E-state index in [0.717, 1.165) is 0 Å². The second-order valence-electron chi connectivity index (χ2n) is 4.87. The number of amides is 1. The summed E-state index contributed by atoms with van der Waals surface area (Å²) in [6.45, 7) is 2.91. The zero-order valence-electron chi connectivity index (χ0n) is 12.0. The Bertz CT molecular complexity index is 569. The van der Waals surface area contributed by atoms with Gasteiger partial charge in [0, 0.05) is 30.2 Å². The van der Waals surface area contributed by atoms with Gasteiger partial charge in [0.05, 0.1) is 19.6 Å². The molecule has 1 aromatic carbocycles. The fourth-order valence-corrected chi connectivity index (χ4v) is 1.95. The molecule has 0 bridgehead atoms. The standard InChI is InChI=1S/C15H20N4O2/c1-12(11-19-8-3-7-17-19)18-15(20)6-9-21-14-5-2-4-13(16)10-14/h2-5,7-8,10,12H,6,9,11,16H2,1H3,(H,18,20). The van der Waals surface area contributed by atoms with E-state index in [0.29, 0.717) is 31.0 Å². The number of nitrogens with two attached hydrogens (primary N) is 1. The smallest absolute Gasteiger partial charge is 0.223 e. The molecule has 0 spiro atoms. The van der Waals surface area contributed by atoms with Crippen LogP contribution in [0.3, 0.4) is 0 Å². The highest BCUT2D eigenvalue weighted by Crippen LogP contribution is 2.14. The molecule has 21 heavy (non-hydrogen) atoms. The van der Waals surface area contributed by atoms with Crippen LogP contribution in [0.5, 0.6) is 5.75 Å². The lowest BCUT2D eigenvalue weighted by molar-refractivity contribution is -0.122. The maximum atomic E-state index is 11.8. The van der Waals surface area contributed by atoms with Crippen molar-refractivity contribution >= 4 is 11.6 Å². The van der Waals surface area contributed by atoms with Crippen LogP contribution in [0.1, 0.15) is 13.3 Å². The van der Waals surface area contributed by atoms with Gasteiger partial charge in [-0.15, -0.1) is 0 Å². The molecule has 3 N–H and O–H groups in total. The predicted octanol–water partition coefficient (Wildman–Crippen LogP) is 1.44. The highest BCUT2D eigenvalue weighted by Gasteiger charge is 2.08. The van der Waals surface area contributed by atoms with Crippen molar-refractivity contribution in [1.29, 1.82) is 0 Å². The lowest BCUT2D eigenvalue weighted by Crippen LogP contribution is -2.36. The summed E-state index contributed by atoms with van der Waals surface area (Å²) < 4.78 is 7.27. The molecular weight excluding hydrogens is 268 g/mol. The fourth-order valence-electron chi connectivity index (χ4n) is 1.95. The van der Waals surface area contributed by atoms with Gasteiger partial charge in [0.2, 0.25) is 5.91 Å². The van der Waals surface area contributed by atoms with Gasteiger partial charge in [-0.2, -0.15) is 5.10 Å². The van der Waals surface area contributed by atoms with Gasteiger partial charge < -0.3 is 15.8 Å². The summed E-state index contributed by atoms with van der Waals surface area (Å²) in [5, 5.41) is 7.01. The van der Waals surface area contributed by atoms with Gasteiger partial charge in [-0.05, 0) is 25.1 Å². The first kappa shape index (κ1) is 14.9. The summed E-state index contributed by atoms with van der Waals surface area (Å²) in [6, 6.07) is 9.03. The molecule has 0 aliphatic heterocycles. The molecule has 1 atom stereocenters. The first-order valence-electron chi connectivity index (χ1n) is 6.88. The average Bonchev–Trinajstić information content (AvgIpc) is 2.91. The number of nitrogens with one attached hydrogen (secondary N) is 1. The second-order valence-corrected chi connectivity index (χ2v) is 4.87. The summed E-state index contributed by atoms with van der Waals surface area (Å²) in [5.41, 5.74) is 6.30. The molecule has 0 fully saturated rings. The minimum atomic E-state index is -0.0430. The largest absolute Gasteiger partial charge is 0.493 e. The molecule has 2 aromatic rings. The number of nitrogens with zero attached hydrogens (tertiary/aromatic N) is 2. The van der Waals surface area contributed by atoms with E-state index >= 15 is 0 Å². The average molecular weight is 288 g/mol. The molecule has 0 saturated heterocycles. The number of hydrogen-bond donors (Lipinski definition) is 2. The Balaban J connectivity index is 1.67. The van der Waals surface area contributed by atoms with Crippen LogP contribution < -0.4 is 15.8 Å². The van der Waals surface area contributed by atoms with Crippen LogP contribution in [0.2, 0.25) is 0 Å². The predicted molar refractivity (Wildman–Crippen MR) is 80.8 cm³/mol. The maximum absolute atomic E-state index is 11.8. The van der Waals surface area contributed by atoms with E-state index in [1.165, 1.54) is 0 Å². The Morgan fingerprint density at radius 3 is 3.05 bits per heavy atom. The molecule has 0 aliphatic carbocycles. The normalized spacial score (nSPS) is 11.9. The maximum Gasteiger partial charge on any atom is 0.223 e. The van der Waals surface area contributed by atoms with Crippen molar-refractivity contribution in [3.8, 4) is 5.75 Å². The van der Waals surface area contributed by atoms with Crippen LogP contribution in [0.4, 0.5) is 5.69 Å². The van der Waals surface area contributed by atoms with Crippen molar-refractivity contribution in [2.45, 2.75) is 25.9 Å². The van der Waals surface area contributed by atoms with Crippen molar-refractivity contribution < 1.29 is 9.53 Å². The lowest BCUT2D eigenvalue weighted by Gasteiger charge is -2.14. The van der Waals surface area contributed by atoms with Crippen LogP contribution in [0.15, 0.2) is 42.7 Å². The molecule has 6 nitrogen and oxygen atoms in total. The van der Waals surface area contributed by atoms with Crippen LogP contribution in [0.25, 0.3) is 0 Å². The number of carbonyl (C=O) groups excluding carboxylic acids is 1. The van der Waals surface area contributed by atoms with Gasteiger partial charge in [0.25, 0.3) is 0 Å². The zero-order chi connectivity index (χ0) is 15.1. The summed E-state index contributed by atoms with van der Waals surface area (Å²) in [5.74, 6) is 0.631. The van der Waals surface area contributed by atoms with Crippen LogP contribution >= 0.6 is 0 Å². The fraction of sp³-hybridized carbons (Fsp3) is 0.333. The number of hydrogen-bond acceptors (Lipinski definition) is 4. The SMILES string of the molecule is CC(Cn1cccn1)NC(=O)CCOc1cccc(N)c1. The van der Waals surface area contributed by atoms with Gasteiger partial charge in [-0.3, -0.25) is 9.48 Å². The number of rotatable bonds is 7. The zero-order valence-corrected chi connectivity index (χ0v) is 12.0. The van der Waals surface area contributed by atoms with Gasteiger partial charge in [0.1, 0.15) is 5.75 Å². The van der Waals surface area contributed by atoms with E-state index < -0.39 is 0 Å². The van der Waals surface area contributed by atoms with E-state index in [9.17, 15) is 4.79 Å². The molecule has 0 saturated carbocycles. The Morgan fingerprint density at radius 1 is 1.48 bits per heavy atom. The van der Waals surface area contributed by atoms with Gasteiger partial charge >= 0.3 is 0 Å². The molecular formula is C15H20N4O2. The number of aromatic nitrogens is 2. The minimum absolute atomic E-state index is 0.0183. The van der Waals surface area contributed by atoms with Gasteiger partial charge in [-0.25, -0.2) is 0 Å². The molecule has 2 rings (SSSR count). The summed E-state index contributed by atoms with van der Waals surface area (Å²) in [6.07, 6.45) is 3.89. The Kier molecular flexibility index (Phi) is 5.20. The molecule has 1 amide bonds. The van der Waals surface area contributed by atoms with Crippen molar-refractivity contribution in [2.24, 2.45) is 0 Å². The van der Waals surface area contributed by atoms with E-state index in [1.54, 1.807) is 23.0 Å². The summed E-state index contributed by atoms with van der Waals surface area (Å²) >= 11 is 0. The van der Waals surface area contributed by atoms with Crippen LogP contribution in [-0.2, 0) is 11.3 Å². The number of carbonyl (C=O) groups is 1. The van der Waals surface area contributed by atoms with E-state index in [2.05, 4.69) is 10.4 Å². The monoisotopic (exact) mass is 288 g/mol. The van der Waals surface area contributed by atoms with E-state index in [-0.39, 0.29) is 11.9 Å². The molecule has 1 unspecified atom stereocenters. The highest BCUT2D eigenvalue weighted by molar-refractivity contribution is 5.76. The van der Waals surface area contributed by atoms with Gasteiger partial charge in [0.15, 0.2) is 0 Å². The Labute approximate surface area is 123 Å². The molecule has 112 valence electrons. The summed E-state index contributed by atoms with van der Waals surface area (Å²) in [4.78, 5) is 11.8. The van der Waals surface area contributed by atoms with Crippen molar-refractivity contribution in [3.63, 3.8) is 0 Å². The number of benzene rings is 1. The van der Waals surface area contributed by atoms with Crippen molar-refractivity contribution in [2.75, 3.05) is 12.3 Å². The molecule has 1 heterocycles.